The molecule has 0 amide bonds. The van der Waals surface area contributed by atoms with E-state index in [9.17, 15) is 5.11 Å². The van der Waals surface area contributed by atoms with Crippen molar-refractivity contribution in [1.29, 1.82) is 0 Å². The Hall–Kier alpha value is -1.32. The summed E-state index contributed by atoms with van der Waals surface area (Å²) in [4.78, 5) is 0. The van der Waals surface area contributed by atoms with Gasteiger partial charge in [-0.15, -0.1) is 0 Å². The molecule has 2 aromatic rings. The zero-order valence-electron chi connectivity index (χ0n) is 13.1. The zero-order valence-corrected chi connectivity index (χ0v) is 14.7. The minimum Gasteiger partial charge on any atom is -0.496 e. The Morgan fingerprint density at radius 3 is 2.10 bits per heavy atom. The summed E-state index contributed by atoms with van der Waals surface area (Å²) >= 11 is 3.43. The summed E-state index contributed by atoms with van der Waals surface area (Å²) in [6.07, 6.45) is -0.688. The molecule has 112 valence electrons. The van der Waals surface area contributed by atoms with Gasteiger partial charge in [0.05, 0.1) is 7.11 Å². The molecule has 0 bridgehead atoms. The van der Waals surface area contributed by atoms with Crippen LogP contribution in [0.15, 0.2) is 28.7 Å². The summed E-state index contributed by atoms with van der Waals surface area (Å²) in [5.74, 6) is 0.690. The monoisotopic (exact) mass is 348 g/mol. The smallest absolute Gasteiger partial charge is 0.126 e. The number of methoxy groups -OCH3 is 1. The average molecular weight is 349 g/mol. The van der Waals surface area contributed by atoms with Crippen molar-refractivity contribution in [2.45, 2.75) is 33.8 Å². The summed E-state index contributed by atoms with van der Waals surface area (Å²) in [6, 6.07) is 7.88. The maximum atomic E-state index is 10.9. The van der Waals surface area contributed by atoms with Crippen LogP contribution in [-0.4, -0.2) is 12.2 Å². The third-order valence-electron chi connectivity index (χ3n) is 4.19. The SMILES string of the molecule is COc1cc(Br)ccc1C(O)c1c(C)c(C)cc(C)c1C. The number of aryl methyl sites for hydroxylation is 2. The Morgan fingerprint density at radius 2 is 1.57 bits per heavy atom. The summed E-state index contributed by atoms with van der Waals surface area (Å²) in [5, 5.41) is 10.9. The highest BCUT2D eigenvalue weighted by Gasteiger charge is 2.21. The molecule has 1 atom stereocenters. The molecule has 1 unspecified atom stereocenters. The first-order valence-electron chi connectivity index (χ1n) is 6.95. The van der Waals surface area contributed by atoms with Crippen LogP contribution in [-0.2, 0) is 0 Å². The van der Waals surface area contributed by atoms with Gasteiger partial charge >= 0.3 is 0 Å². The first-order chi connectivity index (χ1) is 9.86. The number of hydrogen-bond acceptors (Lipinski definition) is 2. The fraction of sp³-hybridized carbons (Fsp3) is 0.333. The number of halogens is 1. The lowest BCUT2D eigenvalue weighted by Crippen LogP contribution is -2.08. The van der Waals surface area contributed by atoms with E-state index in [4.69, 9.17) is 4.74 Å². The van der Waals surface area contributed by atoms with Gasteiger partial charge in [0.15, 0.2) is 0 Å². The van der Waals surface area contributed by atoms with E-state index in [0.717, 1.165) is 26.7 Å². The Balaban J connectivity index is 2.63. The third kappa shape index (κ3) is 2.99. The number of benzene rings is 2. The van der Waals surface area contributed by atoms with Crippen LogP contribution in [0.5, 0.6) is 5.75 Å². The zero-order chi connectivity index (χ0) is 15.7. The number of aliphatic hydroxyl groups is 1. The van der Waals surface area contributed by atoms with Crippen LogP contribution >= 0.6 is 15.9 Å². The summed E-state index contributed by atoms with van der Waals surface area (Å²) in [5.41, 5.74) is 6.43. The normalized spacial score (nSPS) is 12.3. The van der Waals surface area contributed by atoms with Gasteiger partial charge in [-0.05, 0) is 67.6 Å². The molecule has 0 heterocycles. The second-order valence-electron chi connectivity index (χ2n) is 5.46. The minimum absolute atomic E-state index is 0.688. The fourth-order valence-corrected chi connectivity index (χ4v) is 3.06. The van der Waals surface area contributed by atoms with Gasteiger partial charge < -0.3 is 9.84 Å². The minimum atomic E-state index is -0.688. The van der Waals surface area contributed by atoms with E-state index < -0.39 is 6.10 Å². The fourth-order valence-electron chi connectivity index (χ4n) is 2.72. The molecule has 0 spiro atoms. The molecular formula is C18H21BrO2. The van der Waals surface area contributed by atoms with Gasteiger partial charge in [-0.1, -0.05) is 28.1 Å². The van der Waals surface area contributed by atoms with Crippen LogP contribution < -0.4 is 4.74 Å². The highest BCUT2D eigenvalue weighted by molar-refractivity contribution is 9.10. The van der Waals surface area contributed by atoms with Gasteiger partial charge in [-0.25, -0.2) is 0 Å². The van der Waals surface area contributed by atoms with Crippen LogP contribution in [0.4, 0.5) is 0 Å². The topological polar surface area (TPSA) is 29.5 Å². The van der Waals surface area contributed by atoms with Gasteiger partial charge in [0.1, 0.15) is 11.9 Å². The van der Waals surface area contributed by atoms with Crippen molar-refractivity contribution in [3.8, 4) is 5.75 Å². The van der Waals surface area contributed by atoms with Crippen LogP contribution in [0.1, 0.15) is 39.5 Å². The second kappa shape index (κ2) is 6.20. The first-order valence-corrected chi connectivity index (χ1v) is 7.75. The first kappa shape index (κ1) is 16.1. The molecule has 2 rings (SSSR count). The Morgan fingerprint density at radius 1 is 1.00 bits per heavy atom. The van der Waals surface area contributed by atoms with Gasteiger partial charge in [0, 0.05) is 10.0 Å². The summed E-state index contributed by atoms with van der Waals surface area (Å²) in [7, 11) is 1.62. The van der Waals surface area contributed by atoms with Gasteiger partial charge in [-0.2, -0.15) is 0 Å². The molecule has 0 saturated heterocycles. The standard InChI is InChI=1S/C18H21BrO2/c1-10-8-11(2)13(4)17(12(10)3)18(20)15-7-6-14(19)9-16(15)21-5/h6-9,18,20H,1-5H3. The maximum Gasteiger partial charge on any atom is 0.126 e. The van der Waals surface area contributed by atoms with E-state index in [-0.39, 0.29) is 0 Å². The number of ether oxygens (including phenoxy) is 1. The molecule has 0 saturated carbocycles. The lowest BCUT2D eigenvalue weighted by atomic mass is 9.88. The molecule has 0 aliphatic rings. The quantitative estimate of drug-likeness (QED) is 0.865. The van der Waals surface area contributed by atoms with E-state index in [2.05, 4.69) is 49.7 Å². The molecule has 2 nitrogen and oxygen atoms in total. The summed E-state index contributed by atoms with van der Waals surface area (Å²) < 4.78 is 6.35. The maximum absolute atomic E-state index is 10.9. The predicted octanol–water partition coefficient (Wildman–Crippen LogP) is 4.77. The Labute approximate surface area is 134 Å². The van der Waals surface area contributed by atoms with E-state index in [1.54, 1.807) is 7.11 Å². The van der Waals surface area contributed by atoms with Crippen molar-refractivity contribution in [1.82, 2.24) is 0 Å². The van der Waals surface area contributed by atoms with Crippen LogP contribution in [0.3, 0.4) is 0 Å². The molecule has 0 fully saturated rings. The van der Waals surface area contributed by atoms with Crippen molar-refractivity contribution in [2.75, 3.05) is 7.11 Å². The predicted molar refractivity (Wildman–Crippen MR) is 90.1 cm³/mol. The molecule has 3 heteroatoms. The van der Waals surface area contributed by atoms with Gasteiger partial charge in [-0.3, -0.25) is 0 Å². The van der Waals surface area contributed by atoms with Crippen molar-refractivity contribution >= 4 is 15.9 Å². The van der Waals surface area contributed by atoms with E-state index in [1.807, 2.05) is 18.2 Å². The highest BCUT2D eigenvalue weighted by Crippen LogP contribution is 2.36. The van der Waals surface area contributed by atoms with Crippen LogP contribution in [0.25, 0.3) is 0 Å². The molecule has 21 heavy (non-hydrogen) atoms. The molecule has 0 aliphatic carbocycles. The number of rotatable bonds is 3. The second-order valence-corrected chi connectivity index (χ2v) is 6.38. The van der Waals surface area contributed by atoms with Crippen molar-refractivity contribution < 1.29 is 9.84 Å². The van der Waals surface area contributed by atoms with Gasteiger partial charge in [0.2, 0.25) is 0 Å². The van der Waals surface area contributed by atoms with E-state index in [0.29, 0.717) is 5.75 Å². The molecular weight excluding hydrogens is 328 g/mol. The van der Waals surface area contributed by atoms with Crippen LogP contribution in [0.2, 0.25) is 0 Å². The molecule has 2 aromatic carbocycles. The van der Waals surface area contributed by atoms with Crippen molar-refractivity contribution in [3.63, 3.8) is 0 Å². The van der Waals surface area contributed by atoms with Crippen LogP contribution in [0, 0.1) is 27.7 Å². The Bertz CT molecular complexity index is 651. The lowest BCUT2D eigenvalue weighted by Gasteiger charge is -2.22. The third-order valence-corrected chi connectivity index (χ3v) is 4.68. The van der Waals surface area contributed by atoms with E-state index in [1.165, 1.54) is 11.1 Å². The number of hydrogen-bond donors (Lipinski definition) is 1. The average Bonchev–Trinajstić information content (AvgIpc) is 2.45. The highest BCUT2D eigenvalue weighted by atomic mass is 79.9. The molecule has 0 aliphatic heterocycles. The lowest BCUT2D eigenvalue weighted by molar-refractivity contribution is 0.213. The Kier molecular flexibility index (Phi) is 4.74. The number of aliphatic hydroxyl groups excluding tert-OH is 1. The molecule has 0 aromatic heterocycles. The molecule has 0 radical (unpaired) electrons. The van der Waals surface area contributed by atoms with Gasteiger partial charge in [0.25, 0.3) is 0 Å². The largest absolute Gasteiger partial charge is 0.496 e. The summed E-state index contributed by atoms with van der Waals surface area (Å²) in [6.45, 7) is 8.28. The van der Waals surface area contributed by atoms with Crippen molar-refractivity contribution in [2.24, 2.45) is 0 Å². The van der Waals surface area contributed by atoms with Crippen molar-refractivity contribution in [3.05, 3.63) is 62.1 Å². The molecule has 1 N–H and O–H groups in total. The van der Waals surface area contributed by atoms with E-state index >= 15 is 0 Å².